The van der Waals surface area contributed by atoms with Crippen LogP contribution in [0.2, 0.25) is 0 Å². The fraction of sp³-hybridized carbons (Fsp3) is 0.467. The molecule has 2 aromatic rings. The number of hydrogen-bond acceptors (Lipinski definition) is 6. The number of thioether (sulfide) groups is 1. The minimum Gasteiger partial charge on any atom is -0.457 e. The number of benzene rings is 2. The van der Waals surface area contributed by atoms with Gasteiger partial charge in [-0.3, -0.25) is 9.69 Å². The van der Waals surface area contributed by atoms with Crippen molar-refractivity contribution in [3.63, 3.8) is 0 Å². The Balaban J connectivity index is 1.24. The van der Waals surface area contributed by atoms with Crippen molar-refractivity contribution in [2.24, 2.45) is 5.92 Å². The number of anilines is 1. The number of carbonyl (C=O) groups excluding carboxylic acids is 2. The van der Waals surface area contributed by atoms with Crippen LogP contribution in [-0.4, -0.2) is 61.0 Å². The van der Waals surface area contributed by atoms with E-state index in [4.69, 9.17) is 4.74 Å². The summed E-state index contributed by atoms with van der Waals surface area (Å²) < 4.78 is 6.02. The first-order valence-corrected chi connectivity index (χ1v) is 14.8. The Morgan fingerprint density at radius 1 is 1.08 bits per heavy atom. The summed E-state index contributed by atoms with van der Waals surface area (Å²) in [6.45, 7) is 2.81. The zero-order valence-electron chi connectivity index (χ0n) is 22.8. The molecule has 3 fully saturated rings. The second-order valence-electron chi connectivity index (χ2n) is 11.2. The van der Waals surface area contributed by atoms with Crippen molar-refractivity contribution in [3.05, 3.63) is 64.7 Å². The fourth-order valence-electron chi connectivity index (χ4n) is 6.62. The molecule has 9 heteroatoms. The van der Waals surface area contributed by atoms with Crippen LogP contribution in [0, 0.1) is 12.8 Å². The quantitative estimate of drug-likeness (QED) is 0.491. The van der Waals surface area contributed by atoms with E-state index in [0.717, 1.165) is 60.7 Å². The molecule has 0 radical (unpaired) electrons. The monoisotopic (exact) mass is 547 g/mol. The summed E-state index contributed by atoms with van der Waals surface area (Å²) in [5.74, 6) is 1.47. The maximum absolute atomic E-state index is 13.6. The molecule has 3 unspecified atom stereocenters. The molecule has 3 heterocycles. The van der Waals surface area contributed by atoms with Crippen molar-refractivity contribution in [2.45, 2.75) is 62.5 Å². The van der Waals surface area contributed by atoms with Crippen molar-refractivity contribution in [2.75, 3.05) is 25.5 Å². The normalized spacial score (nSPS) is 28.3. The molecule has 3 aliphatic heterocycles. The molecule has 1 aliphatic carbocycles. The number of hydrogen-bond donors (Lipinski definition) is 3. The molecule has 6 rings (SSSR count). The van der Waals surface area contributed by atoms with Gasteiger partial charge in [-0.15, -0.1) is 0 Å². The van der Waals surface area contributed by atoms with Crippen molar-refractivity contribution in [3.8, 4) is 11.5 Å². The van der Waals surface area contributed by atoms with E-state index in [-0.39, 0.29) is 35.3 Å². The van der Waals surface area contributed by atoms with Gasteiger partial charge in [-0.1, -0.05) is 42.8 Å². The lowest BCUT2D eigenvalue weighted by atomic mass is 9.86. The lowest BCUT2D eigenvalue weighted by molar-refractivity contribution is -0.118. The van der Waals surface area contributed by atoms with Crippen LogP contribution in [0.3, 0.4) is 0 Å². The summed E-state index contributed by atoms with van der Waals surface area (Å²) in [7, 11) is 4.17. The number of carbonyl (C=O) groups is 2. The predicted molar refractivity (Wildman–Crippen MR) is 155 cm³/mol. The van der Waals surface area contributed by atoms with Crippen molar-refractivity contribution in [1.29, 1.82) is 0 Å². The van der Waals surface area contributed by atoms with Gasteiger partial charge in [0.1, 0.15) is 11.5 Å². The number of nitrogens with one attached hydrogen (secondary N) is 3. The van der Waals surface area contributed by atoms with Gasteiger partial charge in [0.05, 0.1) is 16.3 Å². The second kappa shape index (κ2) is 10.9. The van der Waals surface area contributed by atoms with Crippen LogP contribution in [0.4, 0.5) is 10.5 Å². The molecule has 206 valence electrons. The minimum absolute atomic E-state index is 0.0258. The topological polar surface area (TPSA) is 85.9 Å². The number of piperidine rings is 1. The summed E-state index contributed by atoms with van der Waals surface area (Å²) >= 11 is 1.57. The number of urea groups is 1. The van der Waals surface area contributed by atoms with Gasteiger partial charge in [0.25, 0.3) is 5.91 Å². The Morgan fingerprint density at radius 2 is 1.87 bits per heavy atom. The standard InChI is InChI=1S/C30H37N5O3S/c1-18-17-20(38-19-9-5-4-6-10-19)13-14-22(18)35-24-15-16-31-29-25(24)26(33-30(35)37)27(39-29)28(36)32-21-11-7-8-12-23(21)34(2)3/h4-6,9-10,13-14,17,21,23-25,29,31H,7-8,11-12,15-16H2,1-3H3,(H,32,36)(H,33,37)/t21-,23-,24?,25?,29?/m1/s1. The Labute approximate surface area is 234 Å². The van der Waals surface area contributed by atoms with Crippen LogP contribution in [0.15, 0.2) is 59.1 Å². The molecule has 39 heavy (non-hydrogen) atoms. The minimum atomic E-state index is -0.177. The Bertz CT molecular complexity index is 1280. The maximum Gasteiger partial charge on any atom is 0.326 e. The van der Waals surface area contributed by atoms with Gasteiger partial charge in [0.2, 0.25) is 0 Å². The van der Waals surface area contributed by atoms with E-state index in [2.05, 4.69) is 34.9 Å². The first-order valence-electron chi connectivity index (χ1n) is 14.0. The van der Waals surface area contributed by atoms with Crippen LogP contribution >= 0.6 is 11.8 Å². The van der Waals surface area contributed by atoms with Gasteiger partial charge in [0, 0.05) is 29.4 Å². The average molecular weight is 548 g/mol. The third kappa shape index (κ3) is 5.03. The summed E-state index contributed by atoms with van der Waals surface area (Å²) in [6.07, 6.45) is 5.22. The Kier molecular flexibility index (Phi) is 7.31. The summed E-state index contributed by atoms with van der Waals surface area (Å²) in [4.78, 5) is 32.0. The summed E-state index contributed by atoms with van der Waals surface area (Å²) in [5.41, 5.74) is 2.62. The summed E-state index contributed by atoms with van der Waals surface area (Å²) in [6, 6.07) is 15.8. The van der Waals surface area contributed by atoms with Crippen LogP contribution in [0.5, 0.6) is 11.5 Å². The highest BCUT2D eigenvalue weighted by Gasteiger charge is 2.52. The molecule has 2 aromatic carbocycles. The molecular formula is C30H37N5O3S. The maximum atomic E-state index is 13.6. The van der Waals surface area contributed by atoms with Crippen LogP contribution in [-0.2, 0) is 4.79 Å². The second-order valence-corrected chi connectivity index (χ2v) is 12.3. The van der Waals surface area contributed by atoms with Gasteiger partial charge in [-0.2, -0.15) is 0 Å². The number of amides is 3. The van der Waals surface area contributed by atoms with E-state index < -0.39 is 0 Å². The number of para-hydroxylation sites is 1. The van der Waals surface area contributed by atoms with E-state index in [0.29, 0.717) is 10.9 Å². The van der Waals surface area contributed by atoms with Gasteiger partial charge < -0.3 is 25.6 Å². The molecule has 8 nitrogen and oxygen atoms in total. The molecule has 1 saturated carbocycles. The largest absolute Gasteiger partial charge is 0.457 e. The van der Waals surface area contributed by atoms with Crippen molar-refractivity contribution >= 4 is 29.4 Å². The first-order chi connectivity index (χ1) is 18.9. The van der Waals surface area contributed by atoms with Crippen LogP contribution in [0.1, 0.15) is 37.7 Å². The van der Waals surface area contributed by atoms with E-state index in [9.17, 15) is 9.59 Å². The molecule has 3 N–H and O–H groups in total. The van der Waals surface area contributed by atoms with E-state index in [1.165, 1.54) is 6.42 Å². The first kappa shape index (κ1) is 26.2. The van der Waals surface area contributed by atoms with Gasteiger partial charge >= 0.3 is 6.03 Å². The zero-order chi connectivity index (χ0) is 27.1. The molecule has 4 aliphatic rings. The van der Waals surface area contributed by atoms with Gasteiger partial charge in [-0.05, 0) is 82.7 Å². The molecule has 3 amide bonds. The smallest absolute Gasteiger partial charge is 0.326 e. The lowest BCUT2D eigenvalue weighted by Crippen LogP contribution is -2.62. The Hall–Kier alpha value is -3.01. The van der Waals surface area contributed by atoms with E-state index >= 15 is 0 Å². The van der Waals surface area contributed by atoms with Crippen LogP contribution < -0.4 is 25.6 Å². The van der Waals surface area contributed by atoms with E-state index in [1.807, 2.05) is 60.4 Å². The number of aryl methyl sites for hydroxylation is 1. The van der Waals surface area contributed by atoms with Gasteiger partial charge in [0.15, 0.2) is 0 Å². The highest BCUT2D eigenvalue weighted by molar-refractivity contribution is 8.04. The summed E-state index contributed by atoms with van der Waals surface area (Å²) in [5, 5.41) is 10.1. The third-order valence-electron chi connectivity index (χ3n) is 8.46. The van der Waals surface area contributed by atoms with Gasteiger partial charge in [-0.25, -0.2) is 4.79 Å². The number of nitrogens with zero attached hydrogens (tertiary/aromatic N) is 2. The molecule has 2 saturated heterocycles. The number of likely N-dealkylation sites (N-methyl/N-ethyl adjacent to an activating group) is 1. The van der Waals surface area contributed by atoms with Crippen LogP contribution in [0.25, 0.3) is 0 Å². The zero-order valence-corrected chi connectivity index (χ0v) is 23.6. The predicted octanol–water partition coefficient (Wildman–Crippen LogP) is 4.57. The van der Waals surface area contributed by atoms with Crippen molar-refractivity contribution in [1.82, 2.24) is 20.9 Å². The molecule has 5 atom stereocenters. The molecule has 0 bridgehead atoms. The van der Waals surface area contributed by atoms with E-state index in [1.54, 1.807) is 11.8 Å². The third-order valence-corrected chi connectivity index (χ3v) is 9.82. The fourth-order valence-corrected chi connectivity index (χ4v) is 8.02. The number of rotatable bonds is 6. The average Bonchev–Trinajstić information content (AvgIpc) is 3.30. The highest BCUT2D eigenvalue weighted by atomic mass is 32.2. The molecular weight excluding hydrogens is 510 g/mol. The van der Waals surface area contributed by atoms with Crippen molar-refractivity contribution < 1.29 is 14.3 Å². The Morgan fingerprint density at radius 3 is 2.64 bits per heavy atom. The molecule has 0 spiro atoms. The highest BCUT2D eigenvalue weighted by Crippen LogP contribution is 2.48. The SMILES string of the molecule is Cc1cc(Oc2ccccc2)ccc1N1C(=O)NC2=C(C(=O)N[C@@H]3CCCC[C@H]3N(C)C)SC3NCCC1C23. The molecule has 0 aromatic heterocycles. The lowest BCUT2D eigenvalue weighted by Gasteiger charge is -2.46. The number of ether oxygens (including phenoxy) is 1.